The largest absolute Gasteiger partial charge is 0.469 e. The summed E-state index contributed by atoms with van der Waals surface area (Å²) in [5, 5.41) is 3.40. The van der Waals surface area contributed by atoms with Crippen molar-refractivity contribution in [1.29, 1.82) is 0 Å². The molecule has 2 aliphatic rings. The number of carbonyl (C=O) groups is 1. The van der Waals surface area contributed by atoms with Crippen LogP contribution in [-0.4, -0.2) is 50.7 Å². The number of nitrogens with one attached hydrogen (secondary N) is 1. The average Bonchev–Trinajstić information content (AvgIpc) is 2.40. The highest BCUT2D eigenvalue weighted by Gasteiger charge is 2.26. The molecule has 1 N–H and O–H groups in total. The molecule has 4 nitrogen and oxygen atoms in total. The summed E-state index contributed by atoms with van der Waals surface area (Å²) in [6, 6.07) is 0. The minimum atomic E-state index is -0.0217. The SMILES string of the molecule is COC(=O)C1CCN(CC2CCNCC2)CC1. The Labute approximate surface area is 104 Å². The summed E-state index contributed by atoms with van der Waals surface area (Å²) in [7, 11) is 1.49. The van der Waals surface area contributed by atoms with Crippen molar-refractivity contribution in [1.82, 2.24) is 10.2 Å². The number of esters is 1. The zero-order valence-electron chi connectivity index (χ0n) is 10.8. The van der Waals surface area contributed by atoms with Crippen molar-refractivity contribution in [2.75, 3.05) is 39.8 Å². The molecule has 2 saturated heterocycles. The van der Waals surface area contributed by atoms with E-state index < -0.39 is 0 Å². The molecule has 0 radical (unpaired) electrons. The number of carbonyl (C=O) groups excluding carboxylic acids is 1. The molecule has 0 unspecified atom stereocenters. The van der Waals surface area contributed by atoms with Crippen LogP contribution in [0, 0.1) is 11.8 Å². The molecule has 0 saturated carbocycles. The molecular formula is C13H24N2O2. The Morgan fingerprint density at radius 2 is 1.88 bits per heavy atom. The quantitative estimate of drug-likeness (QED) is 0.743. The van der Waals surface area contributed by atoms with Gasteiger partial charge in [0.25, 0.3) is 0 Å². The third-order valence-corrected chi connectivity index (χ3v) is 4.10. The zero-order chi connectivity index (χ0) is 12.1. The predicted octanol–water partition coefficient (Wildman–Crippen LogP) is 0.871. The van der Waals surface area contributed by atoms with Crippen molar-refractivity contribution in [3.05, 3.63) is 0 Å². The Bertz CT molecular complexity index is 244. The van der Waals surface area contributed by atoms with E-state index in [1.165, 1.54) is 39.6 Å². The van der Waals surface area contributed by atoms with Crippen LogP contribution >= 0.6 is 0 Å². The van der Waals surface area contributed by atoms with Crippen LogP contribution in [0.5, 0.6) is 0 Å². The van der Waals surface area contributed by atoms with E-state index in [4.69, 9.17) is 4.74 Å². The average molecular weight is 240 g/mol. The lowest BCUT2D eigenvalue weighted by Gasteiger charge is -2.34. The number of hydrogen-bond donors (Lipinski definition) is 1. The molecule has 0 aromatic carbocycles. The van der Waals surface area contributed by atoms with Gasteiger partial charge in [0.1, 0.15) is 0 Å². The first kappa shape index (κ1) is 12.8. The van der Waals surface area contributed by atoms with Crippen molar-refractivity contribution in [3.63, 3.8) is 0 Å². The molecule has 2 heterocycles. The molecule has 0 atom stereocenters. The van der Waals surface area contributed by atoms with Crippen LogP contribution in [0.1, 0.15) is 25.7 Å². The number of methoxy groups -OCH3 is 1. The molecule has 0 aliphatic carbocycles. The summed E-state index contributed by atoms with van der Waals surface area (Å²) in [6.07, 6.45) is 4.54. The first-order chi connectivity index (χ1) is 8.29. The van der Waals surface area contributed by atoms with Crippen molar-refractivity contribution in [2.45, 2.75) is 25.7 Å². The van der Waals surface area contributed by atoms with E-state index in [1.807, 2.05) is 0 Å². The molecule has 2 fully saturated rings. The molecule has 98 valence electrons. The van der Waals surface area contributed by atoms with Crippen LogP contribution < -0.4 is 5.32 Å². The van der Waals surface area contributed by atoms with Gasteiger partial charge in [-0.05, 0) is 57.8 Å². The monoisotopic (exact) mass is 240 g/mol. The summed E-state index contributed by atoms with van der Waals surface area (Å²) in [6.45, 7) is 5.68. The predicted molar refractivity (Wildman–Crippen MR) is 66.8 cm³/mol. The maximum absolute atomic E-state index is 11.4. The van der Waals surface area contributed by atoms with E-state index in [1.54, 1.807) is 0 Å². The number of rotatable bonds is 3. The maximum Gasteiger partial charge on any atom is 0.308 e. The summed E-state index contributed by atoms with van der Waals surface area (Å²) in [4.78, 5) is 13.9. The molecule has 17 heavy (non-hydrogen) atoms. The molecule has 4 heteroatoms. The van der Waals surface area contributed by atoms with Crippen LogP contribution in [0.2, 0.25) is 0 Å². The van der Waals surface area contributed by atoms with Crippen LogP contribution in [0.3, 0.4) is 0 Å². The fraction of sp³-hybridized carbons (Fsp3) is 0.923. The molecule has 0 aromatic heterocycles. The van der Waals surface area contributed by atoms with Gasteiger partial charge in [-0.3, -0.25) is 4.79 Å². The maximum atomic E-state index is 11.4. The molecule has 2 aliphatic heterocycles. The number of ether oxygens (including phenoxy) is 1. The second-order valence-corrected chi connectivity index (χ2v) is 5.29. The Balaban J connectivity index is 1.69. The Hall–Kier alpha value is -0.610. The van der Waals surface area contributed by atoms with Gasteiger partial charge < -0.3 is 15.0 Å². The molecule has 0 spiro atoms. The second kappa shape index (κ2) is 6.36. The van der Waals surface area contributed by atoms with E-state index >= 15 is 0 Å². The highest BCUT2D eigenvalue weighted by molar-refractivity contribution is 5.72. The standard InChI is InChI=1S/C13H24N2O2/c1-17-13(16)12-4-8-15(9-5-12)10-11-2-6-14-7-3-11/h11-12,14H,2-10H2,1H3. The molecular weight excluding hydrogens is 216 g/mol. The number of hydrogen-bond acceptors (Lipinski definition) is 4. The van der Waals surface area contributed by atoms with Gasteiger partial charge in [-0.1, -0.05) is 0 Å². The van der Waals surface area contributed by atoms with Crippen molar-refractivity contribution >= 4 is 5.97 Å². The summed E-state index contributed by atoms with van der Waals surface area (Å²) in [5.74, 6) is 0.974. The van der Waals surface area contributed by atoms with E-state index in [0.717, 1.165) is 31.8 Å². The van der Waals surface area contributed by atoms with E-state index in [-0.39, 0.29) is 11.9 Å². The van der Waals surface area contributed by atoms with Crippen molar-refractivity contribution in [3.8, 4) is 0 Å². The van der Waals surface area contributed by atoms with Crippen LogP contribution in [0.15, 0.2) is 0 Å². The fourth-order valence-electron chi connectivity index (χ4n) is 2.95. The third-order valence-electron chi connectivity index (χ3n) is 4.10. The van der Waals surface area contributed by atoms with Crippen molar-refractivity contribution in [2.24, 2.45) is 11.8 Å². The lowest BCUT2D eigenvalue weighted by Crippen LogP contribution is -2.41. The van der Waals surface area contributed by atoms with Gasteiger partial charge in [0, 0.05) is 6.54 Å². The van der Waals surface area contributed by atoms with Gasteiger partial charge in [-0.25, -0.2) is 0 Å². The second-order valence-electron chi connectivity index (χ2n) is 5.29. The fourth-order valence-corrected chi connectivity index (χ4v) is 2.95. The van der Waals surface area contributed by atoms with Gasteiger partial charge in [-0.2, -0.15) is 0 Å². The number of likely N-dealkylation sites (tertiary alicyclic amines) is 1. The van der Waals surface area contributed by atoms with Gasteiger partial charge in [0.15, 0.2) is 0 Å². The molecule has 0 amide bonds. The topological polar surface area (TPSA) is 41.6 Å². The smallest absolute Gasteiger partial charge is 0.308 e. The lowest BCUT2D eigenvalue weighted by atomic mass is 9.93. The Morgan fingerprint density at radius 3 is 2.47 bits per heavy atom. The number of piperidine rings is 2. The molecule has 0 bridgehead atoms. The van der Waals surface area contributed by atoms with Gasteiger partial charge >= 0.3 is 5.97 Å². The zero-order valence-corrected chi connectivity index (χ0v) is 10.8. The lowest BCUT2D eigenvalue weighted by molar-refractivity contribution is -0.147. The molecule has 2 rings (SSSR count). The van der Waals surface area contributed by atoms with Gasteiger partial charge in [0.05, 0.1) is 13.0 Å². The first-order valence-electron chi connectivity index (χ1n) is 6.80. The minimum absolute atomic E-state index is 0.0217. The third kappa shape index (κ3) is 3.68. The highest BCUT2D eigenvalue weighted by atomic mass is 16.5. The molecule has 0 aromatic rings. The van der Waals surface area contributed by atoms with Crippen molar-refractivity contribution < 1.29 is 9.53 Å². The van der Waals surface area contributed by atoms with E-state index in [0.29, 0.717) is 0 Å². The minimum Gasteiger partial charge on any atom is -0.469 e. The number of nitrogens with zero attached hydrogens (tertiary/aromatic N) is 1. The van der Waals surface area contributed by atoms with Crippen LogP contribution in [0.4, 0.5) is 0 Å². The normalized spacial score (nSPS) is 24.8. The van der Waals surface area contributed by atoms with E-state index in [2.05, 4.69) is 10.2 Å². The van der Waals surface area contributed by atoms with Gasteiger partial charge in [0.2, 0.25) is 0 Å². The Morgan fingerprint density at radius 1 is 1.24 bits per heavy atom. The highest BCUT2D eigenvalue weighted by Crippen LogP contribution is 2.21. The summed E-state index contributed by atoms with van der Waals surface area (Å²) in [5.41, 5.74) is 0. The van der Waals surface area contributed by atoms with Crippen LogP contribution in [0.25, 0.3) is 0 Å². The summed E-state index contributed by atoms with van der Waals surface area (Å²) < 4.78 is 4.81. The van der Waals surface area contributed by atoms with Crippen LogP contribution in [-0.2, 0) is 9.53 Å². The van der Waals surface area contributed by atoms with E-state index in [9.17, 15) is 4.79 Å². The van der Waals surface area contributed by atoms with Gasteiger partial charge in [-0.15, -0.1) is 0 Å². The summed E-state index contributed by atoms with van der Waals surface area (Å²) >= 11 is 0. The first-order valence-corrected chi connectivity index (χ1v) is 6.80. The Kier molecular flexibility index (Phi) is 4.80.